The molecule has 0 spiro atoms. The lowest BCUT2D eigenvalue weighted by molar-refractivity contribution is -0.139. The summed E-state index contributed by atoms with van der Waals surface area (Å²) in [6.07, 6.45) is 3.16. The molecule has 7 heteroatoms. The number of ether oxygens (including phenoxy) is 1. The molecule has 0 fully saturated rings. The SMILES string of the molecule is CCCCOC(=O)C1=C(C)Nc2ncnn2C1c1ccc(F)cc1. The van der Waals surface area contributed by atoms with Crippen LogP contribution >= 0.6 is 0 Å². The minimum absolute atomic E-state index is 0.334. The third kappa shape index (κ3) is 3.02. The molecule has 1 unspecified atom stereocenters. The van der Waals surface area contributed by atoms with Gasteiger partial charge >= 0.3 is 5.97 Å². The van der Waals surface area contributed by atoms with Crippen molar-refractivity contribution in [3.05, 3.63) is 53.2 Å². The Bertz CT molecular complexity index is 767. The van der Waals surface area contributed by atoms with E-state index in [1.54, 1.807) is 23.7 Å². The van der Waals surface area contributed by atoms with E-state index in [1.165, 1.54) is 18.5 Å². The molecule has 2 aromatic rings. The number of nitrogens with one attached hydrogen (secondary N) is 1. The highest BCUT2D eigenvalue weighted by Crippen LogP contribution is 2.35. The molecule has 24 heavy (non-hydrogen) atoms. The van der Waals surface area contributed by atoms with Gasteiger partial charge in [0.05, 0.1) is 12.2 Å². The first-order valence-electron chi connectivity index (χ1n) is 7.91. The number of aromatic nitrogens is 3. The normalized spacial score (nSPS) is 16.5. The minimum atomic E-state index is -0.501. The van der Waals surface area contributed by atoms with Crippen molar-refractivity contribution in [1.82, 2.24) is 14.8 Å². The van der Waals surface area contributed by atoms with E-state index in [0.717, 1.165) is 18.4 Å². The quantitative estimate of drug-likeness (QED) is 0.674. The van der Waals surface area contributed by atoms with Gasteiger partial charge in [0, 0.05) is 5.70 Å². The van der Waals surface area contributed by atoms with Crippen LogP contribution in [0.15, 0.2) is 41.9 Å². The zero-order valence-corrected chi connectivity index (χ0v) is 13.6. The van der Waals surface area contributed by atoms with Crippen molar-refractivity contribution in [3.63, 3.8) is 0 Å². The Morgan fingerprint density at radius 3 is 2.83 bits per heavy atom. The second-order valence-corrected chi connectivity index (χ2v) is 5.64. The molecule has 1 aliphatic heterocycles. The monoisotopic (exact) mass is 330 g/mol. The smallest absolute Gasteiger partial charge is 0.338 e. The van der Waals surface area contributed by atoms with Crippen molar-refractivity contribution in [1.29, 1.82) is 0 Å². The maximum Gasteiger partial charge on any atom is 0.338 e. The summed E-state index contributed by atoms with van der Waals surface area (Å²) < 4.78 is 20.3. The summed E-state index contributed by atoms with van der Waals surface area (Å²) in [7, 11) is 0. The van der Waals surface area contributed by atoms with E-state index >= 15 is 0 Å². The van der Waals surface area contributed by atoms with E-state index in [0.29, 0.717) is 23.8 Å². The van der Waals surface area contributed by atoms with E-state index in [2.05, 4.69) is 15.4 Å². The number of fused-ring (bicyclic) bond motifs is 1. The van der Waals surface area contributed by atoms with Crippen molar-refractivity contribution in [2.75, 3.05) is 11.9 Å². The molecule has 0 saturated carbocycles. The number of allylic oxidation sites excluding steroid dienone is 1. The lowest BCUT2D eigenvalue weighted by Crippen LogP contribution is -2.29. The number of carbonyl (C=O) groups is 1. The molecule has 126 valence electrons. The number of esters is 1. The standard InChI is InChI=1S/C17H19FN4O2/c1-3-4-9-24-16(23)14-11(2)21-17-19-10-20-22(17)15(14)12-5-7-13(18)8-6-12/h5-8,10,15H,3-4,9H2,1-2H3,(H,19,20,21). The third-order valence-corrected chi connectivity index (χ3v) is 3.93. The van der Waals surface area contributed by atoms with Crippen LogP contribution in [0.3, 0.4) is 0 Å². The van der Waals surface area contributed by atoms with E-state index < -0.39 is 12.0 Å². The molecule has 0 amide bonds. The van der Waals surface area contributed by atoms with Crippen molar-refractivity contribution >= 4 is 11.9 Å². The summed E-state index contributed by atoms with van der Waals surface area (Å²) in [6, 6.07) is 5.51. The highest BCUT2D eigenvalue weighted by atomic mass is 19.1. The zero-order chi connectivity index (χ0) is 17.1. The van der Waals surface area contributed by atoms with Crippen LogP contribution in [0.1, 0.15) is 38.3 Å². The van der Waals surface area contributed by atoms with Crippen LogP contribution in [-0.4, -0.2) is 27.3 Å². The van der Waals surface area contributed by atoms with E-state index in [9.17, 15) is 9.18 Å². The van der Waals surface area contributed by atoms with Gasteiger partial charge in [0.15, 0.2) is 0 Å². The van der Waals surface area contributed by atoms with Crippen LogP contribution in [0.2, 0.25) is 0 Å². The predicted molar refractivity (Wildman–Crippen MR) is 86.8 cm³/mol. The first-order chi connectivity index (χ1) is 11.6. The number of carbonyl (C=O) groups excluding carboxylic acids is 1. The Labute approximate surface area is 139 Å². The highest BCUT2D eigenvalue weighted by molar-refractivity contribution is 5.92. The molecule has 0 aliphatic carbocycles. The fourth-order valence-electron chi connectivity index (χ4n) is 2.70. The van der Waals surface area contributed by atoms with Crippen molar-refractivity contribution in [2.24, 2.45) is 0 Å². The van der Waals surface area contributed by atoms with Gasteiger partial charge in [-0.3, -0.25) is 0 Å². The summed E-state index contributed by atoms with van der Waals surface area (Å²) in [5.74, 6) is -0.199. The average molecular weight is 330 g/mol. The number of halogens is 1. The molecule has 3 rings (SSSR count). The largest absolute Gasteiger partial charge is 0.462 e. The van der Waals surface area contributed by atoms with Crippen molar-refractivity contribution in [2.45, 2.75) is 32.7 Å². The Hall–Kier alpha value is -2.70. The van der Waals surface area contributed by atoms with Gasteiger partial charge in [0.25, 0.3) is 0 Å². The molecule has 1 aromatic carbocycles. The topological polar surface area (TPSA) is 69.0 Å². The molecule has 1 aromatic heterocycles. The Morgan fingerprint density at radius 1 is 1.38 bits per heavy atom. The van der Waals surface area contributed by atoms with Crippen LogP contribution in [0, 0.1) is 5.82 Å². The molecule has 1 atom stereocenters. The maximum atomic E-state index is 13.3. The summed E-state index contributed by atoms with van der Waals surface area (Å²) in [5.41, 5.74) is 1.86. The van der Waals surface area contributed by atoms with Crippen LogP contribution in [0.25, 0.3) is 0 Å². The number of unbranched alkanes of at least 4 members (excludes halogenated alkanes) is 1. The lowest BCUT2D eigenvalue weighted by atomic mass is 9.96. The fraction of sp³-hybridized carbons (Fsp3) is 0.353. The molecule has 1 N–H and O–H groups in total. The number of hydrogen-bond donors (Lipinski definition) is 1. The maximum absolute atomic E-state index is 13.3. The number of hydrogen-bond acceptors (Lipinski definition) is 5. The number of anilines is 1. The van der Waals surface area contributed by atoms with Gasteiger partial charge in [-0.15, -0.1) is 0 Å². The van der Waals surface area contributed by atoms with Gasteiger partial charge in [0.1, 0.15) is 18.2 Å². The minimum Gasteiger partial charge on any atom is -0.462 e. The molecule has 0 radical (unpaired) electrons. The van der Waals surface area contributed by atoms with Gasteiger partial charge in [-0.1, -0.05) is 25.5 Å². The summed E-state index contributed by atoms with van der Waals surface area (Å²) >= 11 is 0. The summed E-state index contributed by atoms with van der Waals surface area (Å²) in [5, 5.41) is 7.27. The zero-order valence-electron chi connectivity index (χ0n) is 13.6. The van der Waals surface area contributed by atoms with Crippen LogP contribution < -0.4 is 5.32 Å². The molecular weight excluding hydrogens is 311 g/mol. The summed E-state index contributed by atoms with van der Waals surface area (Å²) in [6.45, 7) is 4.20. The van der Waals surface area contributed by atoms with Crippen LogP contribution in [0.4, 0.5) is 10.3 Å². The molecule has 1 aliphatic rings. The Kier molecular flexibility index (Phi) is 4.59. The van der Waals surface area contributed by atoms with Crippen molar-refractivity contribution in [3.8, 4) is 0 Å². The first kappa shape index (κ1) is 16.2. The molecule has 0 bridgehead atoms. The first-order valence-corrected chi connectivity index (χ1v) is 7.91. The van der Waals surface area contributed by atoms with Crippen LogP contribution in [-0.2, 0) is 9.53 Å². The van der Waals surface area contributed by atoms with Gasteiger partial charge in [-0.2, -0.15) is 10.1 Å². The van der Waals surface area contributed by atoms with E-state index in [1.807, 2.05) is 6.92 Å². The molecule has 2 heterocycles. The van der Waals surface area contributed by atoms with Gasteiger partial charge in [-0.05, 0) is 31.0 Å². The second-order valence-electron chi connectivity index (χ2n) is 5.64. The van der Waals surface area contributed by atoms with Gasteiger partial charge in [-0.25, -0.2) is 13.9 Å². The number of rotatable bonds is 5. The number of benzene rings is 1. The Balaban J connectivity index is 2.00. The average Bonchev–Trinajstić information content (AvgIpc) is 3.02. The lowest BCUT2D eigenvalue weighted by Gasteiger charge is -2.28. The highest BCUT2D eigenvalue weighted by Gasteiger charge is 2.34. The van der Waals surface area contributed by atoms with Crippen molar-refractivity contribution < 1.29 is 13.9 Å². The molecular formula is C17H19FN4O2. The molecule has 0 saturated heterocycles. The third-order valence-electron chi connectivity index (χ3n) is 3.93. The van der Waals surface area contributed by atoms with E-state index in [-0.39, 0.29) is 5.82 Å². The fourth-order valence-corrected chi connectivity index (χ4v) is 2.70. The molecule has 6 nitrogen and oxygen atoms in total. The second kappa shape index (κ2) is 6.82. The predicted octanol–water partition coefficient (Wildman–Crippen LogP) is 3.05. The Morgan fingerprint density at radius 2 is 2.12 bits per heavy atom. The number of nitrogens with zero attached hydrogens (tertiary/aromatic N) is 3. The van der Waals surface area contributed by atoms with Gasteiger partial charge < -0.3 is 10.1 Å². The summed E-state index contributed by atoms with van der Waals surface area (Å²) in [4.78, 5) is 16.8. The van der Waals surface area contributed by atoms with E-state index in [4.69, 9.17) is 4.74 Å². The van der Waals surface area contributed by atoms with Crippen LogP contribution in [0.5, 0.6) is 0 Å². The van der Waals surface area contributed by atoms with Gasteiger partial charge in [0.2, 0.25) is 5.95 Å².